The molecule has 0 radical (unpaired) electrons. The third kappa shape index (κ3) is 4.33. The average molecular weight is 447 g/mol. The zero-order valence-corrected chi connectivity index (χ0v) is 17.6. The van der Waals surface area contributed by atoms with Gasteiger partial charge in [-0.2, -0.15) is 4.31 Å². The van der Waals surface area contributed by atoms with E-state index in [-0.39, 0.29) is 30.1 Å². The van der Waals surface area contributed by atoms with Gasteiger partial charge in [-0.25, -0.2) is 13.2 Å². The standard InChI is InChI=1S/C20H21N3O7S/c1-28-15-4-2-14(3-5-15)21-19(24)13-23-17-7-6-16(12-18(17)30-20(23)25)31(26,27)22-8-10-29-11-9-22/h2-7,12H,8-11,13H2,1H3,(H,21,24). The molecule has 1 fully saturated rings. The third-order valence-electron chi connectivity index (χ3n) is 4.92. The predicted octanol–water partition coefficient (Wildman–Crippen LogP) is 1.26. The summed E-state index contributed by atoms with van der Waals surface area (Å²) in [6, 6.07) is 10.9. The van der Waals surface area contributed by atoms with Crippen molar-refractivity contribution in [3.05, 3.63) is 53.0 Å². The van der Waals surface area contributed by atoms with Crippen molar-refractivity contribution < 1.29 is 27.1 Å². The SMILES string of the molecule is COc1ccc(NC(=O)Cn2c(=O)oc3cc(S(=O)(=O)N4CCOCC4)ccc32)cc1. The molecule has 1 aliphatic heterocycles. The van der Waals surface area contributed by atoms with E-state index in [9.17, 15) is 18.0 Å². The van der Waals surface area contributed by atoms with E-state index in [0.29, 0.717) is 30.2 Å². The predicted molar refractivity (Wildman–Crippen MR) is 112 cm³/mol. The van der Waals surface area contributed by atoms with Crippen molar-refractivity contribution in [1.82, 2.24) is 8.87 Å². The Bertz CT molecular complexity index is 1260. The Balaban J connectivity index is 1.55. The fourth-order valence-corrected chi connectivity index (χ4v) is 4.74. The van der Waals surface area contributed by atoms with Gasteiger partial charge in [0.2, 0.25) is 15.9 Å². The molecule has 4 rings (SSSR count). The summed E-state index contributed by atoms with van der Waals surface area (Å²) in [5.74, 6) is -0.529. The number of amides is 1. The molecule has 1 N–H and O–H groups in total. The number of ether oxygens (including phenoxy) is 2. The quantitative estimate of drug-likeness (QED) is 0.604. The van der Waals surface area contributed by atoms with Crippen LogP contribution in [0.1, 0.15) is 0 Å². The molecule has 2 heterocycles. The fraction of sp³-hybridized carbons (Fsp3) is 0.300. The largest absolute Gasteiger partial charge is 0.497 e. The number of anilines is 1. The van der Waals surface area contributed by atoms with Crippen molar-refractivity contribution in [2.24, 2.45) is 0 Å². The summed E-state index contributed by atoms with van der Waals surface area (Å²) in [4.78, 5) is 24.7. The summed E-state index contributed by atoms with van der Waals surface area (Å²) >= 11 is 0. The Morgan fingerprint density at radius 3 is 2.52 bits per heavy atom. The van der Waals surface area contributed by atoms with Crippen molar-refractivity contribution >= 4 is 32.7 Å². The molecule has 0 saturated carbocycles. The van der Waals surface area contributed by atoms with E-state index in [4.69, 9.17) is 13.9 Å². The maximum absolute atomic E-state index is 12.8. The number of sulfonamides is 1. The van der Waals surface area contributed by atoms with E-state index in [2.05, 4.69) is 5.32 Å². The van der Waals surface area contributed by atoms with Crippen molar-refractivity contribution in [2.75, 3.05) is 38.7 Å². The summed E-state index contributed by atoms with van der Waals surface area (Å²) in [6.07, 6.45) is 0. The summed E-state index contributed by atoms with van der Waals surface area (Å²) in [6.45, 7) is 0.896. The van der Waals surface area contributed by atoms with Crippen LogP contribution in [0, 0.1) is 0 Å². The molecule has 1 saturated heterocycles. The van der Waals surface area contributed by atoms with E-state index < -0.39 is 21.7 Å². The lowest BCUT2D eigenvalue weighted by Crippen LogP contribution is -2.40. The number of carbonyl (C=O) groups is 1. The van der Waals surface area contributed by atoms with Gasteiger partial charge in [0.1, 0.15) is 12.3 Å². The zero-order valence-electron chi connectivity index (χ0n) is 16.7. The molecule has 0 unspecified atom stereocenters. The van der Waals surface area contributed by atoms with Gasteiger partial charge >= 0.3 is 5.76 Å². The van der Waals surface area contributed by atoms with Crippen molar-refractivity contribution in [3.8, 4) is 5.75 Å². The summed E-state index contributed by atoms with van der Waals surface area (Å²) in [5.41, 5.74) is 0.970. The van der Waals surface area contributed by atoms with Gasteiger partial charge in [0.15, 0.2) is 5.58 Å². The van der Waals surface area contributed by atoms with Crippen LogP contribution in [0.2, 0.25) is 0 Å². The molecule has 0 atom stereocenters. The van der Waals surface area contributed by atoms with Gasteiger partial charge in [-0.3, -0.25) is 9.36 Å². The first-order chi connectivity index (χ1) is 14.9. The minimum Gasteiger partial charge on any atom is -0.497 e. The van der Waals surface area contributed by atoms with Crippen LogP contribution in [0.5, 0.6) is 5.75 Å². The summed E-state index contributed by atoms with van der Waals surface area (Å²) in [5, 5.41) is 2.69. The monoisotopic (exact) mass is 447 g/mol. The molecule has 0 aliphatic carbocycles. The number of benzene rings is 2. The molecule has 2 aromatic carbocycles. The number of methoxy groups -OCH3 is 1. The number of hydrogen-bond donors (Lipinski definition) is 1. The van der Waals surface area contributed by atoms with Gasteiger partial charge < -0.3 is 19.2 Å². The number of carbonyl (C=O) groups excluding carboxylic acids is 1. The summed E-state index contributed by atoms with van der Waals surface area (Å²) in [7, 11) is -2.19. The molecule has 0 spiro atoms. The fourth-order valence-electron chi connectivity index (χ4n) is 3.31. The smallest absolute Gasteiger partial charge is 0.420 e. The number of nitrogens with zero attached hydrogens (tertiary/aromatic N) is 2. The molecular weight excluding hydrogens is 426 g/mol. The van der Waals surface area contributed by atoms with Crippen molar-refractivity contribution in [2.45, 2.75) is 11.4 Å². The minimum atomic E-state index is -3.73. The van der Waals surface area contributed by atoms with Crippen LogP contribution in [-0.2, 0) is 26.1 Å². The number of fused-ring (bicyclic) bond motifs is 1. The van der Waals surface area contributed by atoms with Crippen LogP contribution < -0.4 is 15.8 Å². The molecule has 31 heavy (non-hydrogen) atoms. The Hall–Kier alpha value is -3.15. The number of nitrogens with one attached hydrogen (secondary N) is 1. The number of morpholine rings is 1. The number of rotatable bonds is 6. The molecule has 1 aliphatic rings. The molecule has 1 amide bonds. The lowest BCUT2D eigenvalue weighted by molar-refractivity contribution is -0.116. The van der Waals surface area contributed by atoms with Crippen LogP contribution in [-0.4, -0.2) is 56.6 Å². The Labute approximate surface area is 178 Å². The van der Waals surface area contributed by atoms with Crippen LogP contribution in [0.3, 0.4) is 0 Å². The normalized spacial score (nSPS) is 15.1. The number of oxazole rings is 1. The van der Waals surface area contributed by atoms with Gasteiger partial charge in [-0.15, -0.1) is 0 Å². The second-order valence-electron chi connectivity index (χ2n) is 6.88. The topological polar surface area (TPSA) is 120 Å². The molecule has 164 valence electrons. The van der Waals surface area contributed by atoms with Gasteiger partial charge in [0.05, 0.1) is 30.7 Å². The van der Waals surface area contributed by atoms with Crippen molar-refractivity contribution in [1.29, 1.82) is 0 Å². The first-order valence-corrected chi connectivity index (χ1v) is 11.0. The van der Waals surface area contributed by atoms with Crippen LogP contribution in [0.25, 0.3) is 11.1 Å². The van der Waals surface area contributed by atoms with Gasteiger partial charge in [-0.1, -0.05) is 0 Å². The Morgan fingerprint density at radius 1 is 1.13 bits per heavy atom. The van der Waals surface area contributed by atoms with Crippen LogP contribution >= 0.6 is 0 Å². The highest BCUT2D eigenvalue weighted by molar-refractivity contribution is 7.89. The first kappa shape index (κ1) is 21.1. The second-order valence-corrected chi connectivity index (χ2v) is 8.81. The maximum Gasteiger partial charge on any atom is 0.420 e. The molecule has 3 aromatic rings. The van der Waals surface area contributed by atoms with Crippen molar-refractivity contribution in [3.63, 3.8) is 0 Å². The van der Waals surface area contributed by atoms with Gasteiger partial charge in [0, 0.05) is 24.8 Å². The molecule has 1 aromatic heterocycles. The maximum atomic E-state index is 12.8. The number of hydrogen-bond acceptors (Lipinski definition) is 7. The first-order valence-electron chi connectivity index (χ1n) is 9.54. The van der Waals surface area contributed by atoms with E-state index in [1.54, 1.807) is 31.4 Å². The van der Waals surface area contributed by atoms with E-state index in [1.807, 2.05) is 0 Å². The average Bonchev–Trinajstić information content (AvgIpc) is 3.09. The Kier molecular flexibility index (Phi) is 5.81. The highest BCUT2D eigenvalue weighted by atomic mass is 32.2. The van der Waals surface area contributed by atoms with Crippen LogP contribution in [0.4, 0.5) is 5.69 Å². The summed E-state index contributed by atoms with van der Waals surface area (Å²) < 4.78 is 43.6. The van der Waals surface area contributed by atoms with Crippen LogP contribution in [0.15, 0.2) is 56.6 Å². The molecule has 0 bridgehead atoms. The third-order valence-corrected chi connectivity index (χ3v) is 6.82. The number of aromatic nitrogens is 1. The highest BCUT2D eigenvalue weighted by Gasteiger charge is 2.27. The molecule has 10 nitrogen and oxygen atoms in total. The zero-order chi connectivity index (χ0) is 22.0. The molecule has 11 heteroatoms. The molecular formula is C20H21N3O7S. The van der Waals surface area contributed by atoms with Gasteiger partial charge in [0.25, 0.3) is 0 Å². The lowest BCUT2D eigenvalue weighted by atomic mass is 10.3. The van der Waals surface area contributed by atoms with E-state index in [1.165, 1.54) is 22.5 Å². The Morgan fingerprint density at radius 2 is 1.84 bits per heavy atom. The van der Waals surface area contributed by atoms with Gasteiger partial charge in [-0.05, 0) is 36.4 Å². The highest BCUT2D eigenvalue weighted by Crippen LogP contribution is 2.22. The lowest BCUT2D eigenvalue weighted by Gasteiger charge is -2.25. The van der Waals surface area contributed by atoms with E-state index >= 15 is 0 Å². The van der Waals surface area contributed by atoms with E-state index in [0.717, 1.165) is 4.57 Å². The minimum absolute atomic E-state index is 0.0190. The second kappa shape index (κ2) is 8.53.